The molecule has 90 valence electrons. The standard InChI is InChI=1S/C11H19N3O2/c1-9(2)14(6-3-4-12)11(15)10-8-13-5-7-16-10/h9-10,13H,3,5-8H2,1-2H3. The highest BCUT2D eigenvalue weighted by Crippen LogP contribution is 2.07. The molecule has 16 heavy (non-hydrogen) atoms. The maximum absolute atomic E-state index is 12.1. The second kappa shape index (κ2) is 6.46. The van der Waals surface area contributed by atoms with E-state index in [9.17, 15) is 4.79 Å². The summed E-state index contributed by atoms with van der Waals surface area (Å²) in [4.78, 5) is 13.8. The van der Waals surface area contributed by atoms with Gasteiger partial charge in [0.15, 0.2) is 0 Å². The fraction of sp³-hybridized carbons (Fsp3) is 0.818. The van der Waals surface area contributed by atoms with Crippen LogP contribution in [0.5, 0.6) is 0 Å². The van der Waals surface area contributed by atoms with Gasteiger partial charge in [-0.05, 0) is 13.8 Å². The number of nitrogens with zero attached hydrogens (tertiary/aromatic N) is 2. The number of hydrogen-bond acceptors (Lipinski definition) is 4. The van der Waals surface area contributed by atoms with Gasteiger partial charge < -0.3 is 15.0 Å². The predicted octanol–water partition coefficient (Wildman–Crippen LogP) is 0.125. The topological polar surface area (TPSA) is 65.4 Å². The van der Waals surface area contributed by atoms with E-state index in [2.05, 4.69) is 11.4 Å². The van der Waals surface area contributed by atoms with Gasteiger partial charge in [-0.15, -0.1) is 0 Å². The molecular formula is C11H19N3O2. The highest BCUT2D eigenvalue weighted by atomic mass is 16.5. The van der Waals surface area contributed by atoms with Gasteiger partial charge >= 0.3 is 0 Å². The maximum atomic E-state index is 12.1. The average Bonchev–Trinajstić information content (AvgIpc) is 2.30. The van der Waals surface area contributed by atoms with Crippen molar-refractivity contribution in [1.29, 1.82) is 5.26 Å². The molecule has 0 aliphatic carbocycles. The van der Waals surface area contributed by atoms with Gasteiger partial charge in [-0.25, -0.2) is 0 Å². The number of nitrogens with one attached hydrogen (secondary N) is 1. The van der Waals surface area contributed by atoms with Crippen molar-refractivity contribution in [2.24, 2.45) is 0 Å². The average molecular weight is 225 g/mol. The Balaban J connectivity index is 2.55. The molecule has 1 aliphatic heterocycles. The number of nitriles is 1. The zero-order chi connectivity index (χ0) is 12.0. The summed E-state index contributed by atoms with van der Waals surface area (Å²) in [7, 11) is 0. The minimum absolute atomic E-state index is 0.0162. The molecule has 1 aliphatic rings. The monoisotopic (exact) mass is 225 g/mol. The van der Waals surface area contributed by atoms with Crippen molar-refractivity contribution in [1.82, 2.24) is 10.2 Å². The molecule has 0 aromatic carbocycles. The Morgan fingerprint density at radius 2 is 2.44 bits per heavy atom. The number of carbonyl (C=O) groups excluding carboxylic acids is 1. The van der Waals surface area contributed by atoms with Crippen LogP contribution in [0.15, 0.2) is 0 Å². The van der Waals surface area contributed by atoms with Crippen LogP contribution in [0, 0.1) is 11.3 Å². The Hall–Kier alpha value is -1.12. The summed E-state index contributed by atoms with van der Waals surface area (Å²) in [5.41, 5.74) is 0. The third kappa shape index (κ3) is 3.47. The summed E-state index contributed by atoms with van der Waals surface area (Å²) < 4.78 is 5.41. The summed E-state index contributed by atoms with van der Waals surface area (Å²) in [6.45, 7) is 6.31. The number of ether oxygens (including phenoxy) is 1. The molecule has 0 spiro atoms. The van der Waals surface area contributed by atoms with Crippen LogP contribution in [0.25, 0.3) is 0 Å². The van der Waals surface area contributed by atoms with E-state index in [0.717, 1.165) is 6.54 Å². The molecule has 1 amide bonds. The first-order chi connectivity index (χ1) is 7.66. The molecule has 1 heterocycles. The quantitative estimate of drug-likeness (QED) is 0.738. The van der Waals surface area contributed by atoms with Gasteiger partial charge in [0.25, 0.3) is 5.91 Å². The third-order valence-electron chi connectivity index (χ3n) is 2.57. The van der Waals surface area contributed by atoms with Gasteiger partial charge in [0, 0.05) is 25.7 Å². The minimum atomic E-state index is -0.394. The molecule has 5 heteroatoms. The molecule has 0 radical (unpaired) electrons. The van der Waals surface area contributed by atoms with Crippen molar-refractivity contribution in [3.8, 4) is 6.07 Å². The summed E-state index contributed by atoms with van der Waals surface area (Å²) in [5.74, 6) is -0.0162. The Morgan fingerprint density at radius 3 is 2.94 bits per heavy atom. The van der Waals surface area contributed by atoms with Crippen molar-refractivity contribution in [3.63, 3.8) is 0 Å². The smallest absolute Gasteiger partial charge is 0.253 e. The zero-order valence-electron chi connectivity index (χ0n) is 9.90. The lowest BCUT2D eigenvalue weighted by Gasteiger charge is -2.31. The van der Waals surface area contributed by atoms with Crippen LogP contribution in [0.1, 0.15) is 20.3 Å². The van der Waals surface area contributed by atoms with Crippen LogP contribution < -0.4 is 5.32 Å². The van der Waals surface area contributed by atoms with Gasteiger partial charge in [0.05, 0.1) is 19.1 Å². The molecule has 5 nitrogen and oxygen atoms in total. The molecule has 1 fully saturated rings. The second-order valence-electron chi connectivity index (χ2n) is 4.10. The van der Waals surface area contributed by atoms with Gasteiger partial charge in [-0.1, -0.05) is 0 Å². The third-order valence-corrected chi connectivity index (χ3v) is 2.57. The van der Waals surface area contributed by atoms with Gasteiger partial charge in [0.1, 0.15) is 6.10 Å². The van der Waals surface area contributed by atoms with Gasteiger partial charge in [-0.2, -0.15) is 5.26 Å². The lowest BCUT2D eigenvalue weighted by Crippen LogP contribution is -2.51. The highest BCUT2D eigenvalue weighted by molar-refractivity contribution is 5.81. The highest BCUT2D eigenvalue weighted by Gasteiger charge is 2.27. The lowest BCUT2D eigenvalue weighted by atomic mass is 10.2. The van der Waals surface area contributed by atoms with Gasteiger partial charge in [0.2, 0.25) is 0 Å². The van der Waals surface area contributed by atoms with Crippen LogP contribution in [-0.4, -0.2) is 49.2 Å². The number of carbonyl (C=O) groups is 1. The fourth-order valence-corrected chi connectivity index (χ4v) is 1.70. The molecule has 1 saturated heterocycles. The summed E-state index contributed by atoms with van der Waals surface area (Å²) in [6, 6.07) is 2.16. The maximum Gasteiger partial charge on any atom is 0.253 e. The molecule has 1 atom stereocenters. The van der Waals surface area contributed by atoms with E-state index < -0.39 is 6.10 Å². The summed E-state index contributed by atoms with van der Waals surface area (Å²) in [6.07, 6.45) is -0.0285. The molecule has 0 aromatic heterocycles. The molecular weight excluding hydrogens is 206 g/mol. The fourth-order valence-electron chi connectivity index (χ4n) is 1.70. The van der Waals surface area contributed by atoms with E-state index in [0.29, 0.717) is 26.1 Å². The molecule has 1 rings (SSSR count). The first-order valence-corrected chi connectivity index (χ1v) is 5.66. The predicted molar refractivity (Wildman–Crippen MR) is 59.7 cm³/mol. The van der Waals surface area contributed by atoms with Crippen molar-refractivity contribution in [2.45, 2.75) is 32.4 Å². The van der Waals surface area contributed by atoms with Crippen LogP contribution >= 0.6 is 0 Å². The minimum Gasteiger partial charge on any atom is -0.366 e. The van der Waals surface area contributed by atoms with Crippen molar-refractivity contribution >= 4 is 5.91 Å². The van der Waals surface area contributed by atoms with Crippen LogP contribution in [0.2, 0.25) is 0 Å². The van der Waals surface area contributed by atoms with E-state index in [4.69, 9.17) is 10.00 Å². The van der Waals surface area contributed by atoms with Gasteiger partial charge in [-0.3, -0.25) is 4.79 Å². The van der Waals surface area contributed by atoms with Crippen molar-refractivity contribution in [2.75, 3.05) is 26.2 Å². The van der Waals surface area contributed by atoms with Crippen molar-refractivity contribution in [3.05, 3.63) is 0 Å². The molecule has 0 saturated carbocycles. The van der Waals surface area contributed by atoms with Crippen LogP contribution in [0.4, 0.5) is 0 Å². The first-order valence-electron chi connectivity index (χ1n) is 5.66. The number of amides is 1. The van der Waals surface area contributed by atoms with Crippen LogP contribution in [0.3, 0.4) is 0 Å². The number of rotatable bonds is 4. The normalized spacial score (nSPS) is 20.5. The van der Waals surface area contributed by atoms with Crippen molar-refractivity contribution < 1.29 is 9.53 Å². The lowest BCUT2D eigenvalue weighted by molar-refractivity contribution is -0.146. The Kier molecular flexibility index (Phi) is 5.23. The number of morpholine rings is 1. The SMILES string of the molecule is CC(C)N(CCC#N)C(=O)C1CNCCO1. The van der Waals surface area contributed by atoms with E-state index in [-0.39, 0.29) is 11.9 Å². The number of hydrogen-bond donors (Lipinski definition) is 1. The van der Waals surface area contributed by atoms with E-state index in [1.165, 1.54) is 0 Å². The Morgan fingerprint density at radius 1 is 1.69 bits per heavy atom. The summed E-state index contributed by atoms with van der Waals surface area (Å²) in [5, 5.41) is 11.7. The Bertz CT molecular complexity index is 267. The zero-order valence-corrected chi connectivity index (χ0v) is 9.90. The van der Waals surface area contributed by atoms with E-state index >= 15 is 0 Å². The summed E-state index contributed by atoms with van der Waals surface area (Å²) >= 11 is 0. The molecule has 0 bridgehead atoms. The van der Waals surface area contributed by atoms with Crippen LogP contribution in [-0.2, 0) is 9.53 Å². The second-order valence-corrected chi connectivity index (χ2v) is 4.10. The molecule has 1 N–H and O–H groups in total. The first kappa shape index (κ1) is 12.9. The van der Waals surface area contributed by atoms with E-state index in [1.807, 2.05) is 13.8 Å². The van der Waals surface area contributed by atoms with E-state index in [1.54, 1.807) is 4.90 Å². The largest absolute Gasteiger partial charge is 0.366 e. The molecule has 0 aromatic rings. The Labute approximate surface area is 96.4 Å². The molecule has 1 unspecified atom stereocenters.